The maximum Gasteiger partial charge on any atom is 0.405 e. The Labute approximate surface area is 115 Å². The van der Waals surface area contributed by atoms with Gasteiger partial charge in [0.25, 0.3) is 0 Å². The molecule has 0 aliphatic carbocycles. The lowest BCUT2D eigenvalue weighted by Gasteiger charge is -2.26. The Morgan fingerprint density at radius 3 is 2.45 bits per heavy atom. The van der Waals surface area contributed by atoms with Crippen LogP contribution in [0.2, 0.25) is 0 Å². The van der Waals surface area contributed by atoms with Gasteiger partial charge in [-0.1, -0.05) is 0 Å². The Morgan fingerprint density at radius 1 is 1.30 bits per heavy atom. The molecular formula is C13H19F3N2O2. The Bertz CT molecular complexity index is 436. The number of nitrogens with two attached hydrogens (primary N) is 1. The molecule has 0 atom stereocenters. The van der Waals surface area contributed by atoms with Crippen LogP contribution < -0.4 is 15.4 Å². The van der Waals surface area contributed by atoms with Crippen LogP contribution in [-0.2, 0) is 0 Å². The van der Waals surface area contributed by atoms with Crippen LogP contribution in [0, 0.1) is 0 Å². The first-order valence-corrected chi connectivity index (χ1v) is 6.21. The van der Waals surface area contributed by atoms with Gasteiger partial charge in [-0.3, -0.25) is 0 Å². The number of ether oxygens (including phenoxy) is 1. The van der Waals surface area contributed by atoms with Crippen molar-refractivity contribution in [3.8, 4) is 5.75 Å². The second-order valence-electron chi connectivity index (χ2n) is 4.69. The third-order valence-electron chi connectivity index (χ3n) is 2.39. The normalized spacial score (nSPS) is 11.8. The summed E-state index contributed by atoms with van der Waals surface area (Å²) in [5.74, 6) is 0.403. The molecule has 0 saturated heterocycles. The molecular weight excluding hydrogens is 273 g/mol. The highest BCUT2D eigenvalue weighted by molar-refractivity contribution is 5.60. The van der Waals surface area contributed by atoms with E-state index in [1.165, 1.54) is 12.1 Å². The highest BCUT2D eigenvalue weighted by atomic mass is 19.4. The molecule has 0 unspecified atom stereocenters. The van der Waals surface area contributed by atoms with Crippen LogP contribution in [-0.4, -0.2) is 37.1 Å². The lowest BCUT2D eigenvalue weighted by atomic mass is 10.2. The van der Waals surface area contributed by atoms with Gasteiger partial charge in [-0.25, -0.2) is 0 Å². The van der Waals surface area contributed by atoms with Gasteiger partial charge in [-0.15, -0.1) is 0 Å². The number of aliphatic hydroxyl groups excluding tert-OH is 1. The molecule has 1 rings (SSSR count). The van der Waals surface area contributed by atoms with Crippen LogP contribution in [0.15, 0.2) is 18.2 Å². The molecule has 0 fully saturated rings. The van der Waals surface area contributed by atoms with Crippen molar-refractivity contribution in [2.75, 3.05) is 30.3 Å². The number of alkyl halides is 3. The highest BCUT2D eigenvalue weighted by Gasteiger charge is 2.31. The van der Waals surface area contributed by atoms with E-state index in [0.29, 0.717) is 11.4 Å². The van der Waals surface area contributed by atoms with Crippen LogP contribution in [0.5, 0.6) is 5.75 Å². The largest absolute Gasteiger partial charge is 0.491 e. The van der Waals surface area contributed by atoms with E-state index in [1.54, 1.807) is 6.07 Å². The minimum atomic E-state index is -4.36. The third-order valence-corrected chi connectivity index (χ3v) is 2.39. The van der Waals surface area contributed by atoms with E-state index in [4.69, 9.17) is 15.6 Å². The number of anilines is 2. The van der Waals surface area contributed by atoms with Gasteiger partial charge >= 0.3 is 6.18 Å². The summed E-state index contributed by atoms with van der Waals surface area (Å²) in [5.41, 5.74) is 6.26. The van der Waals surface area contributed by atoms with E-state index >= 15 is 0 Å². The average molecular weight is 292 g/mol. The average Bonchev–Trinajstić information content (AvgIpc) is 2.24. The molecule has 0 radical (unpaired) electrons. The predicted octanol–water partition coefficient (Wildman–Crippen LogP) is 2.42. The molecule has 0 aliphatic rings. The molecule has 7 heteroatoms. The second-order valence-corrected chi connectivity index (χ2v) is 4.69. The van der Waals surface area contributed by atoms with Crippen molar-refractivity contribution in [1.82, 2.24) is 0 Å². The van der Waals surface area contributed by atoms with E-state index < -0.39 is 12.7 Å². The molecule has 0 saturated carbocycles. The standard InChI is InChI=1S/C13H19F3N2O2/c1-9(2)20-12-6-10(17)5-11(7-12)18(3-4-19)8-13(14,15)16/h5-7,9,19H,3-4,8,17H2,1-2H3. The maximum atomic E-state index is 12.5. The van der Waals surface area contributed by atoms with E-state index in [0.717, 1.165) is 4.90 Å². The van der Waals surface area contributed by atoms with Gasteiger partial charge in [-0.2, -0.15) is 13.2 Å². The number of aliphatic hydroxyl groups is 1. The summed E-state index contributed by atoms with van der Waals surface area (Å²) in [6.45, 7) is 1.95. The minimum Gasteiger partial charge on any atom is -0.491 e. The first kappa shape index (κ1) is 16.4. The summed E-state index contributed by atoms with van der Waals surface area (Å²) in [6, 6.07) is 4.46. The molecule has 20 heavy (non-hydrogen) atoms. The fourth-order valence-electron chi connectivity index (χ4n) is 1.77. The number of nitrogen functional groups attached to an aromatic ring is 1. The minimum absolute atomic E-state index is 0.112. The number of nitrogens with zero attached hydrogens (tertiary/aromatic N) is 1. The predicted molar refractivity (Wildman–Crippen MR) is 72.0 cm³/mol. The Balaban J connectivity index is 3.03. The monoisotopic (exact) mass is 292 g/mol. The second kappa shape index (κ2) is 6.69. The van der Waals surface area contributed by atoms with Gasteiger partial charge in [0.15, 0.2) is 0 Å². The van der Waals surface area contributed by atoms with Crippen molar-refractivity contribution in [2.24, 2.45) is 0 Å². The molecule has 0 heterocycles. The molecule has 0 spiro atoms. The van der Waals surface area contributed by atoms with Crippen molar-refractivity contribution in [2.45, 2.75) is 26.1 Å². The van der Waals surface area contributed by atoms with Gasteiger partial charge < -0.3 is 20.5 Å². The summed E-state index contributed by atoms with van der Waals surface area (Å²) < 4.78 is 43.1. The highest BCUT2D eigenvalue weighted by Crippen LogP contribution is 2.28. The SMILES string of the molecule is CC(C)Oc1cc(N)cc(N(CCO)CC(F)(F)F)c1. The van der Waals surface area contributed by atoms with Crippen molar-refractivity contribution >= 4 is 11.4 Å². The molecule has 0 amide bonds. The third kappa shape index (κ3) is 5.56. The number of rotatable bonds is 6. The van der Waals surface area contributed by atoms with E-state index in [1.807, 2.05) is 13.8 Å². The van der Waals surface area contributed by atoms with Crippen LogP contribution in [0.3, 0.4) is 0 Å². The zero-order valence-electron chi connectivity index (χ0n) is 11.4. The van der Waals surface area contributed by atoms with Crippen LogP contribution in [0.1, 0.15) is 13.8 Å². The molecule has 1 aromatic rings. The molecule has 114 valence electrons. The number of hydrogen-bond acceptors (Lipinski definition) is 4. The van der Waals surface area contributed by atoms with Gasteiger partial charge in [-0.05, 0) is 19.9 Å². The Kier molecular flexibility index (Phi) is 5.50. The topological polar surface area (TPSA) is 58.7 Å². The van der Waals surface area contributed by atoms with E-state index in [2.05, 4.69) is 0 Å². The zero-order valence-corrected chi connectivity index (χ0v) is 11.4. The van der Waals surface area contributed by atoms with Crippen molar-refractivity contribution < 1.29 is 23.0 Å². The molecule has 4 nitrogen and oxygen atoms in total. The smallest absolute Gasteiger partial charge is 0.405 e. The van der Waals surface area contributed by atoms with Crippen LogP contribution >= 0.6 is 0 Å². The summed E-state index contributed by atoms with van der Waals surface area (Å²) >= 11 is 0. The van der Waals surface area contributed by atoms with Gasteiger partial charge in [0.2, 0.25) is 0 Å². The Morgan fingerprint density at radius 2 is 1.95 bits per heavy atom. The van der Waals surface area contributed by atoms with Gasteiger partial charge in [0.1, 0.15) is 12.3 Å². The van der Waals surface area contributed by atoms with Crippen molar-refractivity contribution in [3.63, 3.8) is 0 Å². The van der Waals surface area contributed by atoms with Gasteiger partial charge in [0.05, 0.1) is 12.7 Å². The lowest BCUT2D eigenvalue weighted by Crippen LogP contribution is -2.36. The fourth-order valence-corrected chi connectivity index (χ4v) is 1.77. The summed E-state index contributed by atoms with van der Waals surface area (Å²) in [4.78, 5) is 1.02. The quantitative estimate of drug-likeness (QED) is 0.791. The maximum absolute atomic E-state index is 12.5. The molecule has 0 bridgehead atoms. The summed E-state index contributed by atoms with van der Waals surface area (Å²) in [7, 11) is 0. The molecule has 0 aliphatic heterocycles. The van der Waals surface area contributed by atoms with E-state index in [9.17, 15) is 13.2 Å². The van der Waals surface area contributed by atoms with Crippen molar-refractivity contribution in [3.05, 3.63) is 18.2 Å². The number of halogens is 3. The summed E-state index contributed by atoms with van der Waals surface area (Å²) in [6.07, 6.45) is -4.47. The molecule has 0 aromatic heterocycles. The first-order chi connectivity index (χ1) is 9.21. The Hall–Kier alpha value is -1.63. The number of benzene rings is 1. The first-order valence-electron chi connectivity index (χ1n) is 6.21. The summed E-state index contributed by atoms with van der Waals surface area (Å²) in [5, 5.41) is 8.91. The van der Waals surface area contributed by atoms with E-state index in [-0.39, 0.29) is 24.9 Å². The van der Waals surface area contributed by atoms with Gasteiger partial charge in [0, 0.05) is 30.1 Å². The van der Waals surface area contributed by atoms with Crippen LogP contribution in [0.25, 0.3) is 0 Å². The van der Waals surface area contributed by atoms with Crippen molar-refractivity contribution in [1.29, 1.82) is 0 Å². The van der Waals surface area contributed by atoms with Crippen LogP contribution in [0.4, 0.5) is 24.5 Å². The number of hydrogen-bond donors (Lipinski definition) is 2. The fraction of sp³-hybridized carbons (Fsp3) is 0.538. The zero-order chi connectivity index (χ0) is 15.3. The lowest BCUT2D eigenvalue weighted by molar-refractivity contribution is -0.119. The molecule has 3 N–H and O–H groups in total. The molecule has 1 aromatic carbocycles.